The van der Waals surface area contributed by atoms with E-state index < -0.39 is 5.41 Å². The maximum atomic E-state index is 6.86. The molecule has 4 heterocycles. The number of pyridine rings is 1. The molecule has 7 aromatic carbocycles. The van der Waals surface area contributed by atoms with Crippen LogP contribution in [-0.2, 0) is 5.41 Å². The molecular formula is C48H30N2O2. The van der Waals surface area contributed by atoms with E-state index >= 15 is 0 Å². The van der Waals surface area contributed by atoms with E-state index in [1.54, 1.807) is 0 Å². The third-order valence-electron chi connectivity index (χ3n) is 10.8. The third kappa shape index (κ3) is 4.06. The maximum absolute atomic E-state index is 6.86. The first-order valence-corrected chi connectivity index (χ1v) is 17.6. The molecule has 0 radical (unpaired) electrons. The van der Waals surface area contributed by atoms with Gasteiger partial charge in [0.25, 0.3) is 0 Å². The van der Waals surface area contributed by atoms with Crippen molar-refractivity contribution in [1.82, 2.24) is 9.55 Å². The summed E-state index contributed by atoms with van der Waals surface area (Å²) in [5, 5.41) is 2.47. The Morgan fingerprint density at radius 2 is 0.962 bits per heavy atom. The van der Waals surface area contributed by atoms with E-state index in [1.165, 1.54) is 21.8 Å². The molecule has 2 aromatic heterocycles. The van der Waals surface area contributed by atoms with Crippen molar-refractivity contribution in [1.29, 1.82) is 0 Å². The minimum Gasteiger partial charge on any atom is -0.457 e. The highest BCUT2D eigenvalue weighted by atomic mass is 16.5. The fourth-order valence-electron chi connectivity index (χ4n) is 8.55. The number of nitrogens with zero attached hydrogens (tertiary/aromatic N) is 2. The zero-order chi connectivity index (χ0) is 34.2. The quantitative estimate of drug-likeness (QED) is 0.188. The predicted molar refractivity (Wildman–Crippen MR) is 208 cm³/mol. The van der Waals surface area contributed by atoms with Gasteiger partial charge in [0.15, 0.2) is 0 Å². The summed E-state index contributed by atoms with van der Waals surface area (Å²) in [4.78, 5) is 4.63. The van der Waals surface area contributed by atoms with Crippen LogP contribution in [-0.4, -0.2) is 9.55 Å². The van der Waals surface area contributed by atoms with E-state index in [0.717, 1.165) is 73.3 Å². The van der Waals surface area contributed by atoms with E-state index in [0.29, 0.717) is 0 Å². The zero-order valence-corrected chi connectivity index (χ0v) is 28.0. The zero-order valence-electron chi connectivity index (χ0n) is 28.0. The van der Waals surface area contributed by atoms with E-state index in [2.05, 4.69) is 155 Å². The van der Waals surface area contributed by atoms with Crippen LogP contribution in [0.2, 0.25) is 0 Å². The Morgan fingerprint density at radius 3 is 1.69 bits per heavy atom. The average molecular weight is 667 g/mol. The monoisotopic (exact) mass is 666 g/mol. The molecule has 0 bridgehead atoms. The number of hydrogen-bond acceptors (Lipinski definition) is 3. The van der Waals surface area contributed by atoms with E-state index in [1.807, 2.05) is 36.5 Å². The van der Waals surface area contributed by atoms with E-state index in [4.69, 9.17) is 9.47 Å². The summed E-state index contributed by atoms with van der Waals surface area (Å²) in [5.74, 6) is 3.31. The first kappa shape index (κ1) is 28.9. The van der Waals surface area contributed by atoms with Crippen molar-refractivity contribution < 1.29 is 9.47 Å². The molecule has 2 aliphatic rings. The Morgan fingerprint density at radius 1 is 0.404 bits per heavy atom. The summed E-state index contributed by atoms with van der Waals surface area (Å²) in [6.07, 6.45) is 1.83. The molecule has 11 rings (SSSR count). The molecule has 0 fully saturated rings. The molecule has 1 atom stereocenters. The molecule has 52 heavy (non-hydrogen) atoms. The van der Waals surface area contributed by atoms with Gasteiger partial charge in [-0.3, -0.25) is 4.98 Å². The van der Waals surface area contributed by atoms with Gasteiger partial charge in [-0.05, 0) is 71.8 Å². The Hall–Kier alpha value is -6.91. The van der Waals surface area contributed by atoms with Crippen LogP contribution in [0.25, 0.3) is 49.9 Å². The standard InChI is InChI=1S/C48H30N2O2/c1-2-12-34(13-3-1)50-42-18-7-4-14-35(42)36-24-21-31(28-43(36)50)32-22-25-39-46(29-32)51-44-19-8-5-15-37(44)48(39)38-16-6-9-20-45(38)52-47-30-33(23-26-40(47)48)41-17-10-11-27-49-41/h1-30H. The highest BCUT2D eigenvalue weighted by molar-refractivity contribution is 6.10. The molecule has 1 spiro atoms. The predicted octanol–water partition coefficient (Wildman–Crippen LogP) is 12.1. The minimum atomic E-state index is -0.667. The average Bonchev–Trinajstić information content (AvgIpc) is 3.54. The Balaban J connectivity index is 1.14. The van der Waals surface area contributed by atoms with Crippen LogP contribution in [0.15, 0.2) is 182 Å². The molecule has 0 saturated carbocycles. The van der Waals surface area contributed by atoms with Gasteiger partial charge in [0, 0.05) is 50.5 Å². The van der Waals surface area contributed by atoms with Gasteiger partial charge in [0.1, 0.15) is 23.0 Å². The second-order valence-corrected chi connectivity index (χ2v) is 13.5. The van der Waals surface area contributed by atoms with Gasteiger partial charge in [0.05, 0.1) is 22.1 Å². The molecule has 0 amide bonds. The summed E-state index contributed by atoms with van der Waals surface area (Å²) in [5.41, 5.74) is 11.3. The largest absolute Gasteiger partial charge is 0.457 e. The number of para-hydroxylation sites is 4. The summed E-state index contributed by atoms with van der Waals surface area (Å²) in [6, 6.07) is 62.1. The number of aromatic nitrogens is 2. The van der Waals surface area contributed by atoms with Crippen LogP contribution in [0.1, 0.15) is 22.3 Å². The summed E-state index contributed by atoms with van der Waals surface area (Å²) in [7, 11) is 0. The number of ether oxygens (including phenoxy) is 2. The highest BCUT2D eigenvalue weighted by Gasteiger charge is 2.50. The van der Waals surface area contributed by atoms with Crippen LogP contribution >= 0.6 is 0 Å². The molecule has 0 N–H and O–H groups in total. The molecule has 244 valence electrons. The van der Waals surface area contributed by atoms with Crippen molar-refractivity contribution in [2.75, 3.05) is 0 Å². The number of rotatable bonds is 3. The lowest BCUT2D eigenvalue weighted by Crippen LogP contribution is -2.36. The number of hydrogen-bond donors (Lipinski definition) is 0. The third-order valence-corrected chi connectivity index (χ3v) is 10.8. The van der Waals surface area contributed by atoms with E-state index in [-0.39, 0.29) is 0 Å². The Bertz CT molecular complexity index is 2850. The topological polar surface area (TPSA) is 36.3 Å². The van der Waals surface area contributed by atoms with Gasteiger partial charge in [-0.15, -0.1) is 0 Å². The van der Waals surface area contributed by atoms with Crippen molar-refractivity contribution in [3.63, 3.8) is 0 Å². The second kappa shape index (κ2) is 11.0. The lowest BCUT2D eigenvalue weighted by Gasteiger charge is -2.45. The van der Waals surface area contributed by atoms with Gasteiger partial charge in [-0.25, -0.2) is 0 Å². The number of benzene rings is 7. The SMILES string of the molecule is c1ccc(-n2c3ccccc3c3ccc(-c4ccc5c(c4)Oc4ccccc4C54c5ccccc5Oc5cc(-c6ccccn6)ccc54)cc32)cc1. The van der Waals surface area contributed by atoms with Crippen molar-refractivity contribution in [3.8, 4) is 51.1 Å². The summed E-state index contributed by atoms with van der Waals surface area (Å²) >= 11 is 0. The first-order valence-electron chi connectivity index (χ1n) is 17.6. The fourth-order valence-corrected chi connectivity index (χ4v) is 8.55. The second-order valence-electron chi connectivity index (χ2n) is 13.5. The van der Waals surface area contributed by atoms with Gasteiger partial charge in [0.2, 0.25) is 0 Å². The van der Waals surface area contributed by atoms with Crippen LogP contribution in [0, 0.1) is 0 Å². The molecular weight excluding hydrogens is 637 g/mol. The van der Waals surface area contributed by atoms with Crippen molar-refractivity contribution in [3.05, 3.63) is 204 Å². The van der Waals surface area contributed by atoms with Crippen LogP contribution < -0.4 is 9.47 Å². The smallest absolute Gasteiger partial charge is 0.132 e. The Labute approximate surface area is 300 Å². The molecule has 0 aliphatic carbocycles. The van der Waals surface area contributed by atoms with Gasteiger partial charge >= 0.3 is 0 Å². The molecule has 9 aromatic rings. The Kier molecular flexibility index (Phi) is 6.13. The number of fused-ring (bicyclic) bond motifs is 11. The normalized spacial score (nSPS) is 15.3. The summed E-state index contributed by atoms with van der Waals surface area (Å²) in [6.45, 7) is 0. The lowest BCUT2D eigenvalue weighted by molar-refractivity contribution is 0.399. The molecule has 2 aliphatic heterocycles. The van der Waals surface area contributed by atoms with Gasteiger partial charge in [-0.2, -0.15) is 0 Å². The molecule has 4 nitrogen and oxygen atoms in total. The minimum absolute atomic E-state index is 0.667. The van der Waals surface area contributed by atoms with Gasteiger partial charge < -0.3 is 14.0 Å². The van der Waals surface area contributed by atoms with Crippen molar-refractivity contribution >= 4 is 21.8 Å². The van der Waals surface area contributed by atoms with Crippen LogP contribution in [0.5, 0.6) is 23.0 Å². The van der Waals surface area contributed by atoms with Crippen molar-refractivity contribution in [2.24, 2.45) is 0 Å². The molecule has 4 heteroatoms. The van der Waals surface area contributed by atoms with E-state index in [9.17, 15) is 0 Å². The van der Waals surface area contributed by atoms with Crippen LogP contribution in [0.4, 0.5) is 0 Å². The highest BCUT2D eigenvalue weighted by Crippen LogP contribution is 2.62. The first-order chi connectivity index (χ1) is 25.8. The lowest BCUT2D eigenvalue weighted by atomic mass is 9.62. The van der Waals surface area contributed by atoms with Crippen LogP contribution in [0.3, 0.4) is 0 Å². The van der Waals surface area contributed by atoms with Gasteiger partial charge in [-0.1, -0.05) is 115 Å². The maximum Gasteiger partial charge on any atom is 0.132 e. The summed E-state index contributed by atoms with van der Waals surface area (Å²) < 4.78 is 16.0. The molecule has 0 saturated heterocycles. The fraction of sp³-hybridized carbons (Fsp3) is 0.0208. The van der Waals surface area contributed by atoms with Crippen molar-refractivity contribution in [2.45, 2.75) is 5.41 Å². The molecule has 1 unspecified atom stereocenters.